The molecule has 0 bridgehead atoms. The molecule has 32 heavy (non-hydrogen) atoms. The minimum absolute atomic E-state index is 0.275. The Labute approximate surface area is 194 Å². The van der Waals surface area contributed by atoms with Crippen molar-refractivity contribution in [2.24, 2.45) is 0 Å². The normalized spacial score (nSPS) is 17.4. The first kappa shape index (κ1) is 21.3. The van der Waals surface area contributed by atoms with Gasteiger partial charge in [0.2, 0.25) is 5.91 Å². The van der Waals surface area contributed by atoms with E-state index in [4.69, 9.17) is 0 Å². The maximum absolute atomic E-state index is 13.0. The van der Waals surface area contributed by atoms with Gasteiger partial charge in [-0.05, 0) is 60.7 Å². The van der Waals surface area contributed by atoms with Gasteiger partial charge in [0.15, 0.2) is 0 Å². The number of nitrogens with one attached hydrogen (secondary N) is 1. The molecule has 2 aromatic heterocycles. The summed E-state index contributed by atoms with van der Waals surface area (Å²) < 4.78 is 28.8. The molecule has 1 aliphatic rings. The molecule has 1 saturated heterocycles. The van der Waals surface area contributed by atoms with E-state index in [1.54, 1.807) is 28.8 Å². The molecule has 1 amide bonds. The molecular weight excluding hydrogens is 462 g/mol. The number of fused-ring (bicyclic) bond motifs is 1. The van der Waals surface area contributed by atoms with E-state index in [1.165, 1.54) is 15.6 Å². The number of nitrogens with zero attached hydrogens (tertiary/aromatic N) is 2. The lowest BCUT2D eigenvalue weighted by atomic mass is 10.0. The third-order valence-corrected chi connectivity index (χ3v) is 9.87. The number of sulfonamides is 1. The van der Waals surface area contributed by atoms with Crippen LogP contribution in [-0.2, 0) is 14.8 Å². The van der Waals surface area contributed by atoms with E-state index < -0.39 is 16.1 Å². The Hall–Kier alpha value is -2.59. The van der Waals surface area contributed by atoms with Crippen LogP contribution in [0.25, 0.3) is 20.8 Å². The summed E-state index contributed by atoms with van der Waals surface area (Å²) in [4.78, 5) is 17.7. The van der Waals surface area contributed by atoms with Crippen molar-refractivity contribution >= 4 is 54.5 Å². The number of carbonyl (C=O) groups is 1. The van der Waals surface area contributed by atoms with Gasteiger partial charge in [0.25, 0.3) is 10.0 Å². The lowest BCUT2D eigenvalue weighted by Crippen LogP contribution is -2.49. The van der Waals surface area contributed by atoms with E-state index in [2.05, 4.69) is 10.3 Å². The maximum atomic E-state index is 13.0. The number of para-hydroxylation sites is 1. The lowest BCUT2D eigenvalue weighted by molar-refractivity contribution is -0.120. The van der Waals surface area contributed by atoms with Gasteiger partial charge in [0.05, 0.1) is 10.2 Å². The molecule has 1 fully saturated rings. The molecule has 5 rings (SSSR count). The van der Waals surface area contributed by atoms with Crippen molar-refractivity contribution in [2.75, 3.05) is 11.9 Å². The summed E-state index contributed by atoms with van der Waals surface area (Å²) >= 11 is 2.80. The second-order valence-electron chi connectivity index (χ2n) is 7.61. The van der Waals surface area contributed by atoms with Crippen LogP contribution < -0.4 is 5.32 Å². The van der Waals surface area contributed by atoms with Crippen LogP contribution in [0.15, 0.2) is 70.3 Å². The molecule has 9 heteroatoms. The molecule has 1 N–H and O–H groups in total. The third-order valence-electron chi connectivity index (χ3n) is 5.51. The van der Waals surface area contributed by atoms with E-state index in [0.29, 0.717) is 18.7 Å². The highest BCUT2D eigenvalue weighted by Crippen LogP contribution is 2.31. The summed E-state index contributed by atoms with van der Waals surface area (Å²) in [5, 5.41) is 5.56. The first-order valence-electron chi connectivity index (χ1n) is 10.3. The summed E-state index contributed by atoms with van der Waals surface area (Å²) in [5.74, 6) is -0.294. The second kappa shape index (κ2) is 8.74. The largest absolute Gasteiger partial charge is 0.325 e. The molecule has 2 aromatic carbocycles. The highest BCUT2D eigenvalue weighted by molar-refractivity contribution is 7.91. The number of amides is 1. The van der Waals surface area contributed by atoms with Crippen LogP contribution in [0.2, 0.25) is 0 Å². The Bertz CT molecular complexity index is 1310. The predicted molar refractivity (Wildman–Crippen MR) is 130 cm³/mol. The molecule has 0 radical (unpaired) electrons. The van der Waals surface area contributed by atoms with Crippen LogP contribution in [0.1, 0.15) is 19.3 Å². The highest BCUT2D eigenvalue weighted by Gasteiger charge is 2.38. The standard InChI is InChI=1S/C23H21N3O3S3/c27-22(19-7-3-4-14-26(19)32(28,29)21-9-5-15-30-21)24-17-12-10-16(11-13-17)23-25-18-6-1-2-8-20(18)31-23/h1-2,5-6,8-13,15,19H,3-4,7,14H2,(H,24,27). The van der Waals surface area contributed by atoms with E-state index in [0.717, 1.165) is 33.6 Å². The molecule has 1 atom stereocenters. The molecule has 3 heterocycles. The van der Waals surface area contributed by atoms with Gasteiger partial charge in [-0.1, -0.05) is 24.6 Å². The average molecular weight is 484 g/mol. The summed E-state index contributed by atoms with van der Waals surface area (Å²) in [7, 11) is -3.68. The summed E-state index contributed by atoms with van der Waals surface area (Å²) in [6, 6.07) is 18.1. The van der Waals surface area contributed by atoms with Gasteiger partial charge < -0.3 is 5.32 Å². The number of thiazole rings is 1. The first-order chi connectivity index (χ1) is 15.5. The molecule has 0 saturated carbocycles. The number of hydrogen-bond donors (Lipinski definition) is 1. The maximum Gasteiger partial charge on any atom is 0.253 e. The van der Waals surface area contributed by atoms with Crippen LogP contribution in [-0.4, -0.2) is 36.2 Å². The Morgan fingerprint density at radius 1 is 1.03 bits per heavy atom. The van der Waals surface area contributed by atoms with Crippen LogP contribution in [0.4, 0.5) is 5.69 Å². The number of hydrogen-bond acceptors (Lipinski definition) is 6. The Kier molecular flexibility index (Phi) is 5.81. The minimum atomic E-state index is -3.68. The van der Waals surface area contributed by atoms with Crippen molar-refractivity contribution in [1.29, 1.82) is 0 Å². The fourth-order valence-electron chi connectivity index (χ4n) is 3.90. The van der Waals surface area contributed by atoms with Crippen molar-refractivity contribution in [2.45, 2.75) is 29.5 Å². The molecule has 0 aliphatic carbocycles. The minimum Gasteiger partial charge on any atom is -0.325 e. The zero-order chi connectivity index (χ0) is 22.1. The summed E-state index contributed by atoms with van der Waals surface area (Å²) in [5.41, 5.74) is 2.58. The zero-order valence-corrected chi connectivity index (χ0v) is 19.6. The quantitative estimate of drug-likeness (QED) is 0.423. The van der Waals surface area contributed by atoms with Gasteiger partial charge in [0, 0.05) is 17.8 Å². The van der Waals surface area contributed by atoms with Gasteiger partial charge in [0.1, 0.15) is 15.3 Å². The molecule has 1 aliphatic heterocycles. The van der Waals surface area contributed by atoms with Crippen LogP contribution in [0, 0.1) is 0 Å². The molecule has 4 aromatic rings. The van der Waals surface area contributed by atoms with Crippen molar-refractivity contribution in [3.05, 3.63) is 66.0 Å². The third kappa shape index (κ3) is 4.09. The number of piperidine rings is 1. The van der Waals surface area contributed by atoms with Gasteiger partial charge in [-0.25, -0.2) is 13.4 Å². The number of aromatic nitrogens is 1. The second-order valence-corrected chi connectivity index (χ2v) is 11.7. The molecular formula is C23H21N3O3S3. The predicted octanol–water partition coefficient (Wildman–Crippen LogP) is 5.21. The zero-order valence-electron chi connectivity index (χ0n) is 17.1. The topological polar surface area (TPSA) is 79.4 Å². The van der Waals surface area contributed by atoms with Crippen LogP contribution >= 0.6 is 22.7 Å². The smallest absolute Gasteiger partial charge is 0.253 e. The molecule has 164 valence electrons. The van der Waals surface area contributed by atoms with Crippen molar-refractivity contribution in [1.82, 2.24) is 9.29 Å². The monoisotopic (exact) mass is 483 g/mol. The van der Waals surface area contributed by atoms with Gasteiger partial charge >= 0.3 is 0 Å². The fraction of sp³-hybridized carbons (Fsp3) is 0.217. The van der Waals surface area contributed by atoms with Gasteiger partial charge in [-0.2, -0.15) is 4.31 Å². The van der Waals surface area contributed by atoms with E-state index in [1.807, 2.05) is 48.5 Å². The number of rotatable bonds is 5. The number of thiophene rings is 1. The summed E-state index contributed by atoms with van der Waals surface area (Å²) in [6.07, 6.45) is 2.09. The van der Waals surface area contributed by atoms with Gasteiger partial charge in [-0.15, -0.1) is 22.7 Å². The van der Waals surface area contributed by atoms with Crippen molar-refractivity contribution in [3.8, 4) is 10.6 Å². The van der Waals surface area contributed by atoms with E-state index in [9.17, 15) is 13.2 Å². The van der Waals surface area contributed by atoms with Crippen molar-refractivity contribution in [3.63, 3.8) is 0 Å². The molecule has 0 spiro atoms. The van der Waals surface area contributed by atoms with Crippen molar-refractivity contribution < 1.29 is 13.2 Å². The number of carbonyl (C=O) groups excluding carboxylic acids is 1. The van der Waals surface area contributed by atoms with Crippen LogP contribution in [0.3, 0.4) is 0 Å². The number of benzene rings is 2. The molecule has 6 nitrogen and oxygen atoms in total. The number of anilines is 1. The summed E-state index contributed by atoms with van der Waals surface area (Å²) in [6.45, 7) is 0.356. The Balaban J connectivity index is 1.33. The van der Waals surface area contributed by atoms with Crippen LogP contribution in [0.5, 0.6) is 0 Å². The lowest BCUT2D eigenvalue weighted by Gasteiger charge is -2.33. The molecule has 1 unspecified atom stereocenters. The van der Waals surface area contributed by atoms with E-state index >= 15 is 0 Å². The fourth-order valence-corrected chi connectivity index (χ4v) is 7.65. The van der Waals surface area contributed by atoms with Gasteiger partial charge in [-0.3, -0.25) is 4.79 Å². The SMILES string of the molecule is O=C(Nc1ccc(-c2nc3ccccc3s2)cc1)C1CCCCN1S(=O)(=O)c1cccs1. The Morgan fingerprint density at radius 3 is 2.59 bits per heavy atom. The average Bonchev–Trinajstić information content (AvgIpc) is 3.50. The highest BCUT2D eigenvalue weighted by atomic mass is 32.2. The Morgan fingerprint density at radius 2 is 1.84 bits per heavy atom. The first-order valence-corrected chi connectivity index (χ1v) is 13.5. The van der Waals surface area contributed by atoms with E-state index in [-0.39, 0.29) is 10.1 Å².